The van der Waals surface area contributed by atoms with Crippen LogP contribution in [0.25, 0.3) is 0 Å². The molecule has 2 aliphatic rings. The van der Waals surface area contributed by atoms with E-state index in [9.17, 15) is 8.42 Å². The van der Waals surface area contributed by atoms with Crippen molar-refractivity contribution in [2.75, 3.05) is 24.6 Å². The normalized spacial score (nSPS) is 38.1. The van der Waals surface area contributed by atoms with E-state index in [1.54, 1.807) is 0 Å². The molecule has 2 fully saturated rings. The summed E-state index contributed by atoms with van der Waals surface area (Å²) in [6.45, 7) is 4.23. The van der Waals surface area contributed by atoms with Crippen LogP contribution in [0.3, 0.4) is 0 Å². The Kier molecular flexibility index (Phi) is 3.08. The van der Waals surface area contributed by atoms with Gasteiger partial charge in [0.1, 0.15) is 0 Å². The molecule has 2 rings (SSSR count). The fourth-order valence-corrected chi connectivity index (χ4v) is 4.99. The summed E-state index contributed by atoms with van der Waals surface area (Å²) in [6.07, 6.45) is 4.29. The standard InChI is InChI=1S/C11H21NO2S/c1-2-5-12-8-10-7-11(10)4-3-6-15(13,14)9-11/h10,12H,2-9H2,1H3. The Balaban J connectivity index is 1.84. The second-order valence-corrected chi connectivity index (χ2v) is 7.35. The Bertz CT molecular complexity index is 325. The van der Waals surface area contributed by atoms with Gasteiger partial charge in [0.25, 0.3) is 0 Å². The topological polar surface area (TPSA) is 46.2 Å². The van der Waals surface area contributed by atoms with Gasteiger partial charge in [-0.2, -0.15) is 0 Å². The summed E-state index contributed by atoms with van der Waals surface area (Å²) in [6, 6.07) is 0. The quantitative estimate of drug-likeness (QED) is 0.740. The first kappa shape index (κ1) is 11.4. The van der Waals surface area contributed by atoms with Crippen molar-refractivity contribution in [3.8, 4) is 0 Å². The van der Waals surface area contributed by atoms with E-state index in [4.69, 9.17) is 0 Å². The van der Waals surface area contributed by atoms with E-state index in [0.717, 1.165) is 38.8 Å². The zero-order chi connectivity index (χ0) is 10.9. The number of sulfone groups is 1. The van der Waals surface area contributed by atoms with Crippen LogP contribution in [-0.4, -0.2) is 33.0 Å². The van der Waals surface area contributed by atoms with Crippen LogP contribution in [0.4, 0.5) is 0 Å². The maximum Gasteiger partial charge on any atom is 0.150 e. The van der Waals surface area contributed by atoms with E-state index in [1.807, 2.05) is 0 Å². The molecule has 3 nitrogen and oxygen atoms in total. The highest BCUT2D eigenvalue weighted by Gasteiger charge is 2.56. The van der Waals surface area contributed by atoms with Crippen LogP contribution in [0.5, 0.6) is 0 Å². The van der Waals surface area contributed by atoms with Gasteiger partial charge in [-0.1, -0.05) is 6.92 Å². The summed E-state index contributed by atoms with van der Waals surface area (Å²) in [5, 5.41) is 3.40. The summed E-state index contributed by atoms with van der Waals surface area (Å²) in [5.74, 6) is 1.50. The lowest BCUT2D eigenvalue weighted by Gasteiger charge is -2.22. The van der Waals surface area contributed by atoms with E-state index < -0.39 is 9.84 Å². The molecule has 1 N–H and O–H groups in total. The van der Waals surface area contributed by atoms with Gasteiger partial charge in [-0.15, -0.1) is 0 Å². The molecular formula is C11H21NO2S. The van der Waals surface area contributed by atoms with E-state index in [-0.39, 0.29) is 5.41 Å². The minimum atomic E-state index is -2.72. The van der Waals surface area contributed by atoms with Gasteiger partial charge in [-0.3, -0.25) is 0 Å². The highest BCUT2D eigenvalue weighted by Crippen LogP contribution is 2.58. The summed E-state index contributed by atoms with van der Waals surface area (Å²) < 4.78 is 23.1. The lowest BCUT2D eigenvalue weighted by atomic mass is 9.99. The fraction of sp³-hybridized carbons (Fsp3) is 1.00. The predicted molar refractivity (Wildman–Crippen MR) is 61.6 cm³/mol. The summed E-state index contributed by atoms with van der Waals surface area (Å²) in [7, 11) is -2.72. The van der Waals surface area contributed by atoms with Crippen molar-refractivity contribution >= 4 is 9.84 Å². The lowest BCUT2D eigenvalue weighted by molar-refractivity contribution is 0.420. The average molecular weight is 231 g/mol. The van der Waals surface area contributed by atoms with Crippen molar-refractivity contribution in [1.29, 1.82) is 0 Å². The first-order valence-electron chi connectivity index (χ1n) is 5.99. The van der Waals surface area contributed by atoms with E-state index in [2.05, 4.69) is 12.2 Å². The molecule has 0 aromatic heterocycles. The molecule has 0 bridgehead atoms. The molecule has 0 aromatic carbocycles. The maximum absolute atomic E-state index is 11.6. The fourth-order valence-electron chi connectivity index (χ4n) is 2.88. The number of rotatable bonds is 4. The van der Waals surface area contributed by atoms with Crippen LogP contribution < -0.4 is 5.32 Å². The van der Waals surface area contributed by atoms with Gasteiger partial charge in [0.2, 0.25) is 0 Å². The Hall–Kier alpha value is -0.0900. The van der Waals surface area contributed by atoms with Crippen molar-refractivity contribution in [2.24, 2.45) is 11.3 Å². The Labute approximate surface area is 92.6 Å². The third-order valence-electron chi connectivity index (χ3n) is 3.81. The predicted octanol–water partition coefficient (Wildman–Crippen LogP) is 1.20. The minimum absolute atomic E-state index is 0.178. The van der Waals surface area contributed by atoms with Crippen LogP contribution in [0.2, 0.25) is 0 Å². The van der Waals surface area contributed by atoms with Gasteiger partial charge in [0.15, 0.2) is 9.84 Å². The van der Waals surface area contributed by atoms with Crippen LogP contribution in [0.15, 0.2) is 0 Å². The van der Waals surface area contributed by atoms with E-state index in [1.165, 1.54) is 0 Å². The second kappa shape index (κ2) is 4.06. The molecule has 2 unspecified atom stereocenters. The highest BCUT2D eigenvalue weighted by molar-refractivity contribution is 7.91. The zero-order valence-electron chi connectivity index (χ0n) is 9.46. The molecule has 1 spiro atoms. The maximum atomic E-state index is 11.6. The van der Waals surface area contributed by atoms with Crippen molar-refractivity contribution in [3.63, 3.8) is 0 Å². The van der Waals surface area contributed by atoms with E-state index >= 15 is 0 Å². The zero-order valence-corrected chi connectivity index (χ0v) is 10.3. The van der Waals surface area contributed by atoms with Gasteiger partial charge in [-0.25, -0.2) is 8.42 Å². The molecule has 1 aliphatic carbocycles. The molecule has 0 radical (unpaired) electrons. The molecule has 1 aliphatic heterocycles. The molecule has 1 saturated carbocycles. The molecule has 0 aromatic rings. The third kappa shape index (κ3) is 2.53. The van der Waals surface area contributed by atoms with Crippen molar-refractivity contribution < 1.29 is 8.42 Å². The summed E-state index contributed by atoms with van der Waals surface area (Å²) >= 11 is 0. The smallest absolute Gasteiger partial charge is 0.150 e. The first-order valence-corrected chi connectivity index (χ1v) is 7.81. The number of hydrogen-bond donors (Lipinski definition) is 1. The van der Waals surface area contributed by atoms with Crippen molar-refractivity contribution in [1.82, 2.24) is 5.32 Å². The van der Waals surface area contributed by atoms with Crippen LogP contribution in [0, 0.1) is 11.3 Å². The number of nitrogens with one attached hydrogen (secondary N) is 1. The third-order valence-corrected chi connectivity index (χ3v) is 5.74. The van der Waals surface area contributed by atoms with Gasteiger partial charge in [0.05, 0.1) is 11.5 Å². The molecule has 15 heavy (non-hydrogen) atoms. The largest absolute Gasteiger partial charge is 0.316 e. The molecule has 88 valence electrons. The first-order chi connectivity index (χ1) is 7.08. The van der Waals surface area contributed by atoms with Gasteiger partial charge in [-0.05, 0) is 50.1 Å². The minimum Gasteiger partial charge on any atom is -0.316 e. The Morgan fingerprint density at radius 2 is 2.27 bits per heavy atom. The van der Waals surface area contributed by atoms with Gasteiger partial charge < -0.3 is 5.32 Å². The SMILES string of the molecule is CCCNCC1CC12CCCS(=O)(=O)C2. The Morgan fingerprint density at radius 1 is 1.47 bits per heavy atom. The van der Waals surface area contributed by atoms with Crippen molar-refractivity contribution in [3.05, 3.63) is 0 Å². The highest BCUT2D eigenvalue weighted by atomic mass is 32.2. The summed E-state index contributed by atoms with van der Waals surface area (Å²) in [5.41, 5.74) is 0.178. The molecule has 2 atom stereocenters. The molecule has 4 heteroatoms. The van der Waals surface area contributed by atoms with Crippen LogP contribution >= 0.6 is 0 Å². The van der Waals surface area contributed by atoms with Crippen LogP contribution in [-0.2, 0) is 9.84 Å². The van der Waals surface area contributed by atoms with E-state index in [0.29, 0.717) is 17.4 Å². The lowest BCUT2D eigenvalue weighted by Crippen LogP contribution is -2.30. The average Bonchev–Trinajstić information content (AvgIpc) is 2.76. The summed E-state index contributed by atoms with van der Waals surface area (Å²) in [4.78, 5) is 0. The molecule has 1 heterocycles. The second-order valence-electron chi connectivity index (χ2n) is 5.16. The van der Waals surface area contributed by atoms with Gasteiger partial charge >= 0.3 is 0 Å². The van der Waals surface area contributed by atoms with Gasteiger partial charge in [0, 0.05) is 0 Å². The molecule has 0 amide bonds. The molecular weight excluding hydrogens is 210 g/mol. The molecule has 1 saturated heterocycles. The van der Waals surface area contributed by atoms with Crippen molar-refractivity contribution in [2.45, 2.75) is 32.6 Å². The Morgan fingerprint density at radius 3 is 2.93 bits per heavy atom. The monoisotopic (exact) mass is 231 g/mol. The number of hydrogen-bond acceptors (Lipinski definition) is 3. The van der Waals surface area contributed by atoms with Crippen LogP contribution in [0.1, 0.15) is 32.6 Å².